The van der Waals surface area contributed by atoms with Gasteiger partial charge in [-0.3, -0.25) is 4.68 Å². The topological polar surface area (TPSA) is 41.9 Å². The molecule has 1 heterocycles. The molecule has 21 heavy (non-hydrogen) atoms. The summed E-state index contributed by atoms with van der Waals surface area (Å²) >= 11 is 5.14. The number of thiocarbonyl (C=S) groups is 1. The Hall–Kier alpha value is -2.02. The number of aromatic nitrogens is 2. The molecule has 0 unspecified atom stereocenters. The average molecular weight is 310 g/mol. The molecule has 0 aliphatic heterocycles. The van der Waals surface area contributed by atoms with Gasteiger partial charge in [0, 0.05) is 24.4 Å². The van der Waals surface area contributed by atoms with E-state index in [9.17, 15) is 8.78 Å². The highest BCUT2D eigenvalue weighted by Gasteiger charge is 2.13. The van der Waals surface area contributed by atoms with Gasteiger partial charge in [-0.05, 0) is 38.2 Å². The molecular weight excluding hydrogens is 294 g/mol. The first-order valence-corrected chi connectivity index (χ1v) is 6.80. The van der Waals surface area contributed by atoms with Gasteiger partial charge in [0.15, 0.2) is 5.11 Å². The summed E-state index contributed by atoms with van der Waals surface area (Å²) in [5.74, 6) is -1.32. The van der Waals surface area contributed by atoms with Gasteiger partial charge in [-0.15, -0.1) is 0 Å². The Bertz CT molecular complexity index is 669. The zero-order valence-electron chi connectivity index (χ0n) is 11.9. The molecule has 2 N–H and O–H groups in total. The molecule has 1 atom stereocenters. The van der Waals surface area contributed by atoms with Crippen LogP contribution in [-0.4, -0.2) is 14.9 Å². The molecule has 7 heteroatoms. The maximum absolute atomic E-state index is 13.5. The third kappa shape index (κ3) is 3.55. The van der Waals surface area contributed by atoms with Crippen LogP contribution in [0.1, 0.15) is 24.2 Å². The van der Waals surface area contributed by atoms with Crippen LogP contribution in [0.5, 0.6) is 0 Å². The number of benzene rings is 1. The van der Waals surface area contributed by atoms with Gasteiger partial charge in [0.25, 0.3) is 0 Å². The lowest BCUT2D eigenvalue weighted by molar-refractivity contribution is 0.586. The minimum atomic E-state index is -0.690. The van der Waals surface area contributed by atoms with Gasteiger partial charge in [0.05, 0.1) is 17.9 Å². The van der Waals surface area contributed by atoms with Crippen LogP contribution < -0.4 is 10.6 Å². The van der Waals surface area contributed by atoms with Crippen molar-refractivity contribution in [1.29, 1.82) is 0 Å². The third-order valence-corrected chi connectivity index (χ3v) is 3.49. The highest BCUT2D eigenvalue weighted by atomic mass is 32.1. The van der Waals surface area contributed by atoms with Crippen molar-refractivity contribution in [2.75, 3.05) is 5.32 Å². The van der Waals surface area contributed by atoms with Crippen LogP contribution in [0.3, 0.4) is 0 Å². The molecule has 2 aromatic rings. The molecule has 0 saturated heterocycles. The lowest BCUT2D eigenvalue weighted by atomic mass is 10.1. The summed E-state index contributed by atoms with van der Waals surface area (Å²) in [6, 6.07) is 3.20. The highest BCUT2D eigenvalue weighted by Crippen LogP contribution is 2.18. The maximum Gasteiger partial charge on any atom is 0.171 e. The third-order valence-electron chi connectivity index (χ3n) is 3.27. The van der Waals surface area contributed by atoms with E-state index in [0.717, 1.165) is 17.3 Å². The second kappa shape index (κ2) is 6.17. The van der Waals surface area contributed by atoms with Crippen LogP contribution in [0.4, 0.5) is 14.5 Å². The van der Waals surface area contributed by atoms with E-state index >= 15 is 0 Å². The minimum Gasteiger partial charge on any atom is -0.356 e. The van der Waals surface area contributed by atoms with Crippen molar-refractivity contribution in [2.45, 2.75) is 19.9 Å². The van der Waals surface area contributed by atoms with Gasteiger partial charge in [-0.2, -0.15) is 5.10 Å². The van der Waals surface area contributed by atoms with Crippen LogP contribution in [0.15, 0.2) is 24.4 Å². The molecule has 1 aromatic carbocycles. The second-order valence-electron chi connectivity index (χ2n) is 4.75. The molecule has 0 bridgehead atoms. The van der Waals surface area contributed by atoms with E-state index in [-0.39, 0.29) is 16.8 Å². The van der Waals surface area contributed by atoms with Gasteiger partial charge in [-0.25, -0.2) is 8.78 Å². The lowest BCUT2D eigenvalue weighted by Crippen LogP contribution is -2.31. The number of hydrogen-bond acceptors (Lipinski definition) is 2. The molecule has 1 aromatic heterocycles. The van der Waals surface area contributed by atoms with Crippen molar-refractivity contribution in [3.63, 3.8) is 0 Å². The molecular formula is C14H16F2N4S. The Morgan fingerprint density at radius 1 is 1.38 bits per heavy atom. The number of halogens is 2. The zero-order valence-corrected chi connectivity index (χ0v) is 12.8. The van der Waals surface area contributed by atoms with E-state index in [2.05, 4.69) is 15.7 Å². The molecule has 0 spiro atoms. The Morgan fingerprint density at radius 3 is 2.67 bits per heavy atom. The van der Waals surface area contributed by atoms with E-state index in [4.69, 9.17) is 12.2 Å². The van der Waals surface area contributed by atoms with Crippen molar-refractivity contribution >= 4 is 23.0 Å². The first-order valence-electron chi connectivity index (χ1n) is 6.39. The molecule has 4 nitrogen and oxygen atoms in total. The summed E-state index contributed by atoms with van der Waals surface area (Å²) in [4.78, 5) is 0. The molecule has 0 radical (unpaired) electrons. The summed E-state index contributed by atoms with van der Waals surface area (Å²) in [6.45, 7) is 3.88. The van der Waals surface area contributed by atoms with Crippen molar-refractivity contribution in [2.24, 2.45) is 7.05 Å². The van der Waals surface area contributed by atoms with Crippen molar-refractivity contribution in [3.8, 4) is 0 Å². The number of hydrogen-bond donors (Lipinski definition) is 2. The maximum atomic E-state index is 13.5. The molecule has 0 saturated carbocycles. The molecule has 112 valence electrons. The van der Waals surface area contributed by atoms with E-state index in [1.165, 1.54) is 12.1 Å². The molecule has 0 fully saturated rings. The van der Waals surface area contributed by atoms with E-state index in [1.807, 2.05) is 20.9 Å². The standard InChI is InChI=1S/C14H16F2N4S/c1-8(11-7-17-20(3)9(11)2)18-14(21)19-13-5-4-10(15)6-12(13)16/h4-8H,1-3H3,(H2,18,19,21)/t8-/m1/s1. The number of anilines is 1. The molecule has 0 aliphatic rings. The average Bonchev–Trinajstić information content (AvgIpc) is 2.73. The first kappa shape index (κ1) is 15.4. The monoisotopic (exact) mass is 310 g/mol. The normalized spacial score (nSPS) is 12.0. The number of nitrogens with zero attached hydrogens (tertiary/aromatic N) is 2. The van der Waals surface area contributed by atoms with Crippen LogP contribution in [0.25, 0.3) is 0 Å². The van der Waals surface area contributed by atoms with Crippen LogP contribution >= 0.6 is 12.2 Å². The van der Waals surface area contributed by atoms with E-state index in [1.54, 1.807) is 10.9 Å². The quantitative estimate of drug-likeness (QED) is 0.855. The van der Waals surface area contributed by atoms with Gasteiger partial charge >= 0.3 is 0 Å². The fourth-order valence-corrected chi connectivity index (χ4v) is 2.25. The second-order valence-corrected chi connectivity index (χ2v) is 5.16. The summed E-state index contributed by atoms with van der Waals surface area (Å²) in [6.07, 6.45) is 1.76. The number of nitrogens with one attached hydrogen (secondary N) is 2. The smallest absolute Gasteiger partial charge is 0.171 e. The van der Waals surface area contributed by atoms with Crippen LogP contribution in [0.2, 0.25) is 0 Å². The summed E-state index contributed by atoms with van der Waals surface area (Å²) < 4.78 is 28.1. The molecule has 0 aliphatic carbocycles. The Morgan fingerprint density at radius 2 is 2.10 bits per heavy atom. The zero-order chi connectivity index (χ0) is 15.6. The fourth-order valence-electron chi connectivity index (χ4n) is 1.96. The summed E-state index contributed by atoms with van der Waals surface area (Å²) in [7, 11) is 1.86. The van der Waals surface area contributed by atoms with Crippen molar-refractivity contribution in [1.82, 2.24) is 15.1 Å². The Balaban J connectivity index is 2.03. The summed E-state index contributed by atoms with van der Waals surface area (Å²) in [5, 5.41) is 10.2. The van der Waals surface area contributed by atoms with Crippen LogP contribution in [-0.2, 0) is 7.05 Å². The lowest BCUT2D eigenvalue weighted by Gasteiger charge is -2.17. The SMILES string of the molecule is Cc1c([C@@H](C)NC(=S)Nc2ccc(F)cc2F)cnn1C. The highest BCUT2D eigenvalue weighted by molar-refractivity contribution is 7.80. The van der Waals surface area contributed by atoms with Crippen molar-refractivity contribution < 1.29 is 8.78 Å². The Kier molecular flexibility index (Phi) is 4.52. The van der Waals surface area contributed by atoms with Gasteiger partial charge in [0.1, 0.15) is 11.6 Å². The van der Waals surface area contributed by atoms with Gasteiger partial charge in [0.2, 0.25) is 0 Å². The van der Waals surface area contributed by atoms with Gasteiger partial charge < -0.3 is 10.6 Å². The van der Waals surface area contributed by atoms with Crippen molar-refractivity contribution in [3.05, 3.63) is 47.3 Å². The first-order chi connectivity index (χ1) is 9.88. The molecule has 2 rings (SSSR count). The minimum absolute atomic E-state index is 0.0813. The molecule has 0 amide bonds. The number of rotatable bonds is 3. The fraction of sp³-hybridized carbons (Fsp3) is 0.286. The number of aryl methyl sites for hydroxylation is 1. The largest absolute Gasteiger partial charge is 0.356 e. The van der Waals surface area contributed by atoms with Crippen LogP contribution in [0, 0.1) is 18.6 Å². The van der Waals surface area contributed by atoms with E-state index < -0.39 is 11.6 Å². The predicted octanol–water partition coefficient (Wildman–Crippen LogP) is 3.05. The van der Waals surface area contributed by atoms with E-state index in [0.29, 0.717) is 0 Å². The predicted molar refractivity (Wildman–Crippen MR) is 82.1 cm³/mol. The van der Waals surface area contributed by atoms with Gasteiger partial charge in [-0.1, -0.05) is 0 Å². The summed E-state index contributed by atoms with van der Waals surface area (Å²) in [5.41, 5.74) is 2.15. The Labute approximate surface area is 127 Å².